The molecule has 3 aliphatic heterocycles. The summed E-state index contributed by atoms with van der Waals surface area (Å²) in [6.07, 6.45) is 5.36. The van der Waals surface area contributed by atoms with Crippen molar-refractivity contribution in [1.82, 2.24) is 16.0 Å². The molecule has 0 saturated carbocycles. The van der Waals surface area contributed by atoms with Gasteiger partial charge in [-0.15, -0.1) is 0 Å². The SMILES string of the molecule is Cc1cccc(C)c1NC(=O)C(=O)[C@@H]1CCCCOCCOCc2ccccc2C(=O)N1.Cc1cccc(C)c1NC(=O)C(O)[C@@H]1CCCCOCCOCc2ccccc2C(=O)N1.O=C[C@@H]1CCCCOCCOCc2ccccc2C(=O)N1.S.S.S.[C-]#[N+]c1c(C)cccc1C. The molecule has 6 aromatic rings. The summed E-state index contributed by atoms with van der Waals surface area (Å²) in [5.41, 5.74) is 11.5. The van der Waals surface area contributed by atoms with E-state index < -0.39 is 47.7 Å². The monoisotopic (exact) mass is 1400 g/mol. The second-order valence-corrected chi connectivity index (χ2v) is 23.4. The maximum atomic E-state index is 13.0. The number of aliphatic hydroxyl groups is 1. The Kier molecular flexibility index (Phi) is 40.1. The Morgan fingerprint density at radius 3 is 1.26 bits per heavy atom. The highest BCUT2D eigenvalue weighted by Gasteiger charge is 2.31. The lowest BCUT2D eigenvalue weighted by Crippen LogP contribution is -2.49. The van der Waals surface area contributed by atoms with Gasteiger partial charge >= 0.3 is 0 Å². The van der Waals surface area contributed by atoms with Crippen LogP contribution < -0.4 is 26.6 Å². The highest BCUT2D eigenvalue weighted by atomic mass is 32.1. The Hall–Kier alpha value is -7.73. The van der Waals surface area contributed by atoms with Crippen molar-refractivity contribution in [3.8, 4) is 0 Å². The van der Waals surface area contributed by atoms with Crippen LogP contribution in [0.15, 0.2) is 127 Å². The molecule has 3 aliphatic rings. The number of aldehydes is 1. The number of aliphatic hydroxyl groups excluding tert-OH is 1. The molecule has 1 unspecified atom stereocenters. The number of hydrogen-bond acceptors (Lipinski definition) is 14. The van der Waals surface area contributed by atoms with Gasteiger partial charge in [0.25, 0.3) is 29.5 Å². The predicted octanol–water partition coefficient (Wildman–Crippen LogP) is 11.3. The van der Waals surface area contributed by atoms with Crippen molar-refractivity contribution in [2.75, 3.05) is 70.1 Å². The second-order valence-electron chi connectivity index (χ2n) is 23.4. The summed E-state index contributed by atoms with van der Waals surface area (Å²) in [6, 6.07) is 36.7. The fourth-order valence-electron chi connectivity index (χ4n) is 10.7. The third-order valence-electron chi connectivity index (χ3n) is 16.1. The summed E-state index contributed by atoms with van der Waals surface area (Å²) >= 11 is 0. The smallest absolute Gasteiger partial charge is 0.293 e. The minimum absolute atomic E-state index is 0. The number of anilines is 2. The van der Waals surface area contributed by atoms with E-state index in [0.717, 1.165) is 82.2 Å². The van der Waals surface area contributed by atoms with E-state index in [1.165, 1.54) is 0 Å². The molecule has 0 aromatic heterocycles. The fraction of sp³-hybridized carbons (Fsp3) is 0.413. The number of carbonyl (C=O) groups excluding carboxylic acids is 7. The summed E-state index contributed by atoms with van der Waals surface area (Å²) < 4.78 is 33.4. The number of hydrogen-bond donors (Lipinski definition) is 6. The Morgan fingerprint density at radius 2 is 0.837 bits per heavy atom. The number of aryl methyl sites for hydroxylation is 6. The van der Waals surface area contributed by atoms with Crippen molar-refractivity contribution in [2.24, 2.45) is 0 Å². The number of benzene rings is 6. The normalized spacial score (nSPS) is 17.7. The molecule has 9 rings (SSSR count). The van der Waals surface area contributed by atoms with E-state index in [4.69, 9.17) is 35.0 Å². The van der Waals surface area contributed by atoms with Crippen LogP contribution >= 0.6 is 40.5 Å². The zero-order valence-electron chi connectivity index (χ0n) is 57.1. The molecule has 0 aliphatic carbocycles. The Bertz CT molecular complexity index is 3490. The first-order valence-electron chi connectivity index (χ1n) is 32.5. The van der Waals surface area contributed by atoms with Gasteiger partial charge in [0.2, 0.25) is 5.78 Å². The van der Waals surface area contributed by atoms with Crippen LogP contribution in [0.25, 0.3) is 4.85 Å². The first-order chi connectivity index (χ1) is 46.0. The minimum Gasteiger partial charge on any atom is -0.381 e. The van der Waals surface area contributed by atoms with E-state index >= 15 is 0 Å². The molecule has 4 atom stereocenters. The third kappa shape index (κ3) is 27.9. The van der Waals surface area contributed by atoms with E-state index in [9.17, 15) is 38.7 Å². The van der Waals surface area contributed by atoms with E-state index in [0.29, 0.717) is 132 Å². The largest absolute Gasteiger partial charge is 0.381 e. The number of para-hydroxylation sites is 3. The molecule has 0 saturated heterocycles. The Morgan fingerprint density at radius 1 is 0.469 bits per heavy atom. The summed E-state index contributed by atoms with van der Waals surface area (Å²) in [6.45, 7) is 23.9. The quantitative estimate of drug-likeness (QED) is 0.0494. The second kappa shape index (κ2) is 46.5. The summed E-state index contributed by atoms with van der Waals surface area (Å²) in [5.74, 6) is -2.89. The number of fused-ring (bicyclic) bond motifs is 3. The van der Waals surface area contributed by atoms with Gasteiger partial charge in [-0.1, -0.05) is 109 Å². The van der Waals surface area contributed by atoms with Crippen molar-refractivity contribution >= 4 is 99.2 Å². The number of rotatable bonds is 7. The van der Waals surface area contributed by atoms with Gasteiger partial charge in [-0.25, -0.2) is 4.85 Å². The van der Waals surface area contributed by atoms with Gasteiger partial charge in [-0.05, 0) is 168 Å². The molecule has 6 N–H and O–H groups in total. The minimum atomic E-state index is -1.39. The highest BCUT2D eigenvalue weighted by Crippen LogP contribution is 2.25. The zero-order chi connectivity index (χ0) is 68.3. The fourth-order valence-corrected chi connectivity index (χ4v) is 10.7. The van der Waals surface area contributed by atoms with E-state index in [-0.39, 0.29) is 65.5 Å². The zero-order valence-corrected chi connectivity index (χ0v) is 60.1. The number of nitrogens with zero attached hydrogens (tertiary/aromatic N) is 1. The molecule has 98 heavy (non-hydrogen) atoms. The van der Waals surface area contributed by atoms with Crippen LogP contribution in [0.5, 0.6) is 0 Å². The maximum Gasteiger partial charge on any atom is 0.293 e. The van der Waals surface area contributed by atoms with Crippen molar-refractivity contribution in [3.05, 3.63) is 206 Å². The van der Waals surface area contributed by atoms with Gasteiger partial charge in [0.05, 0.1) is 84.2 Å². The third-order valence-corrected chi connectivity index (χ3v) is 16.1. The molecular formula is C75H98N6O14S3. The van der Waals surface area contributed by atoms with Gasteiger partial charge in [0.1, 0.15) is 6.29 Å². The number of ether oxygens (including phenoxy) is 6. The Balaban J connectivity index is 0.000000357. The van der Waals surface area contributed by atoms with Crippen LogP contribution in [0, 0.1) is 48.1 Å². The van der Waals surface area contributed by atoms with E-state index in [1.807, 2.05) is 133 Å². The molecule has 0 fully saturated rings. The lowest BCUT2D eigenvalue weighted by molar-refractivity contribution is -0.136. The number of amides is 5. The number of ketones is 1. The van der Waals surface area contributed by atoms with Gasteiger partial charge in [0.15, 0.2) is 11.8 Å². The van der Waals surface area contributed by atoms with E-state index in [2.05, 4.69) is 31.4 Å². The molecule has 0 spiro atoms. The van der Waals surface area contributed by atoms with Crippen LogP contribution in [0.2, 0.25) is 0 Å². The lowest BCUT2D eigenvalue weighted by atomic mass is 10.0. The van der Waals surface area contributed by atoms with Gasteiger partial charge in [-0.2, -0.15) is 40.5 Å². The summed E-state index contributed by atoms with van der Waals surface area (Å²) in [4.78, 5) is 91.6. The number of carbonyl (C=O) groups is 7. The first-order valence-corrected chi connectivity index (χ1v) is 32.5. The topological polar surface area (TPSA) is 260 Å². The average molecular weight is 1400 g/mol. The molecule has 0 radical (unpaired) electrons. The highest BCUT2D eigenvalue weighted by molar-refractivity contribution is 7.59. The van der Waals surface area contributed by atoms with Gasteiger partial charge < -0.3 is 64.9 Å². The van der Waals surface area contributed by atoms with Crippen LogP contribution in [0.1, 0.15) is 139 Å². The average Bonchev–Trinajstić information content (AvgIpc) is 0.854. The molecule has 23 heteroatoms. The van der Waals surface area contributed by atoms with Crippen LogP contribution in [0.3, 0.4) is 0 Å². The van der Waals surface area contributed by atoms with Crippen LogP contribution in [-0.2, 0) is 67.4 Å². The molecule has 530 valence electrons. The predicted molar refractivity (Wildman–Crippen MR) is 396 cm³/mol. The molecule has 0 bridgehead atoms. The molecule has 3 heterocycles. The Labute approximate surface area is 597 Å². The van der Waals surface area contributed by atoms with Gasteiger partial charge in [-0.3, -0.25) is 28.8 Å². The van der Waals surface area contributed by atoms with Crippen molar-refractivity contribution < 1.29 is 67.1 Å². The maximum absolute atomic E-state index is 13.0. The molecule has 20 nitrogen and oxygen atoms in total. The molecule has 5 amide bonds. The molecular weight excluding hydrogens is 1310 g/mol. The number of nitrogens with one attached hydrogen (secondary N) is 5. The van der Waals surface area contributed by atoms with Crippen molar-refractivity contribution in [3.63, 3.8) is 0 Å². The van der Waals surface area contributed by atoms with Crippen LogP contribution in [-0.4, -0.2) is 130 Å². The summed E-state index contributed by atoms with van der Waals surface area (Å²) in [7, 11) is 0. The van der Waals surface area contributed by atoms with E-state index in [1.54, 1.807) is 36.4 Å². The first kappa shape index (κ1) is 84.5. The molecule has 6 aromatic carbocycles. The van der Waals surface area contributed by atoms with Crippen molar-refractivity contribution in [2.45, 2.75) is 143 Å². The summed E-state index contributed by atoms with van der Waals surface area (Å²) in [5, 5.41) is 24.9. The van der Waals surface area contributed by atoms with Crippen molar-refractivity contribution in [1.29, 1.82) is 0 Å². The van der Waals surface area contributed by atoms with Gasteiger partial charge in [0, 0.05) is 47.9 Å². The van der Waals surface area contributed by atoms with Crippen LogP contribution in [0.4, 0.5) is 17.1 Å². The standard InChI is InChI=1S/C25H32N2O5.C25H30N2O5.C16H21NO4.C9H9N.3H2S/c2*1-17-8-7-9-18(2)22(17)27-25(30)23(28)21-12-5-6-13-31-14-15-32-16-19-10-3-4-11-20(19)24(29)26-21;18-11-14-6-3-4-8-20-9-10-21-12-13-5-1-2-7-15(13)16(19)17-14;1-7-5-4-6-8(2)9(7)10-3;;;/h3-4,7-11,21,23,28H,5-6,12-16H2,1-2H3,(H,26,29)(H,27,30);3-4,7-11,21H,5-6,12-16H2,1-2H3,(H,26,29)(H,27,30);1-2,5,7,11,14H,3-4,6,8-10,12H2,(H,17,19);4-6H,1-2H3;3*1H2/t21-,23?;21-;14-;;;;/m000..../s1. The number of Topliss-reactive ketones (excluding diaryl/α,β-unsaturated/α-hetero) is 1. The lowest BCUT2D eigenvalue weighted by Gasteiger charge is -2.25.